The zero-order valence-corrected chi connectivity index (χ0v) is 12.7. The number of aliphatic carboxylic acids is 1. The molecule has 5 heteroatoms. The molecule has 0 radical (unpaired) electrons. The summed E-state index contributed by atoms with van der Waals surface area (Å²) in [6.07, 6.45) is 3.31. The lowest BCUT2D eigenvalue weighted by Crippen LogP contribution is -2.59. The molecule has 0 aromatic rings. The van der Waals surface area contributed by atoms with E-state index < -0.39 is 17.4 Å². The van der Waals surface area contributed by atoms with E-state index in [1.807, 2.05) is 20.8 Å². The van der Waals surface area contributed by atoms with E-state index in [1.54, 1.807) is 4.90 Å². The van der Waals surface area contributed by atoms with E-state index in [0.29, 0.717) is 13.1 Å². The monoisotopic (exact) mass is 282 g/mol. The first-order chi connectivity index (χ1) is 9.34. The highest BCUT2D eigenvalue weighted by Gasteiger charge is 2.50. The summed E-state index contributed by atoms with van der Waals surface area (Å²) < 4.78 is 0. The first-order valence-electron chi connectivity index (χ1n) is 7.59. The number of hydrogen-bond acceptors (Lipinski definition) is 3. The lowest BCUT2D eigenvalue weighted by atomic mass is 9.74. The van der Waals surface area contributed by atoms with Gasteiger partial charge in [-0.15, -0.1) is 0 Å². The van der Waals surface area contributed by atoms with Crippen LogP contribution in [0.5, 0.6) is 0 Å². The zero-order chi connectivity index (χ0) is 15.0. The summed E-state index contributed by atoms with van der Waals surface area (Å²) in [5.74, 6) is -0.842. The molecule has 2 unspecified atom stereocenters. The molecule has 114 valence electrons. The van der Waals surface area contributed by atoms with Crippen molar-refractivity contribution in [1.82, 2.24) is 10.2 Å². The van der Waals surface area contributed by atoms with E-state index in [4.69, 9.17) is 0 Å². The quantitative estimate of drug-likeness (QED) is 0.822. The normalized spacial score (nSPS) is 33.1. The smallest absolute Gasteiger partial charge is 0.326 e. The Morgan fingerprint density at radius 1 is 1.35 bits per heavy atom. The van der Waals surface area contributed by atoms with Crippen molar-refractivity contribution in [3.05, 3.63) is 0 Å². The van der Waals surface area contributed by atoms with Crippen molar-refractivity contribution >= 4 is 11.9 Å². The minimum absolute atomic E-state index is 0.0326. The van der Waals surface area contributed by atoms with Gasteiger partial charge < -0.3 is 15.3 Å². The Kier molecular flexibility index (Phi) is 4.09. The minimum Gasteiger partial charge on any atom is -0.480 e. The number of nitrogens with one attached hydrogen (secondary N) is 1. The molecule has 2 atom stereocenters. The number of nitrogens with zero attached hydrogens (tertiary/aromatic N) is 1. The number of carboxylic acid groups (broad SMARTS) is 1. The summed E-state index contributed by atoms with van der Waals surface area (Å²) in [7, 11) is 0. The summed E-state index contributed by atoms with van der Waals surface area (Å²) in [5.41, 5.74) is -0.762. The molecule has 2 fully saturated rings. The lowest BCUT2D eigenvalue weighted by molar-refractivity contribution is -0.163. The van der Waals surface area contributed by atoms with Gasteiger partial charge in [0.2, 0.25) is 5.91 Å². The molecule has 0 aromatic carbocycles. The van der Waals surface area contributed by atoms with Crippen LogP contribution in [0.1, 0.15) is 46.5 Å². The first-order valence-corrected chi connectivity index (χ1v) is 7.59. The first kappa shape index (κ1) is 15.3. The molecule has 2 aliphatic rings. The average Bonchev–Trinajstić information content (AvgIpc) is 2.85. The standard InChI is InChI=1S/C15H26N2O3/c1-4-15(7-8-16-10-15)13(20)17-9-5-6-14(2,3)11(17)12(18)19/h11,16H,4-10H2,1-3H3,(H,18,19). The number of hydrogen-bond donors (Lipinski definition) is 2. The average molecular weight is 282 g/mol. The largest absolute Gasteiger partial charge is 0.480 e. The maximum atomic E-state index is 13.0. The summed E-state index contributed by atoms with van der Waals surface area (Å²) in [6.45, 7) is 8.02. The second-order valence-electron chi connectivity index (χ2n) is 6.89. The van der Waals surface area contributed by atoms with Gasteiger partial charge in [-0.05, 0) is 37.6 Å². The third-order valence-electron chi connectivity index (χ3n) is 5.14. The Morgan fingerprint density at radius 3 is 2.55 bits per heavy atom. The molecule has 0 aromatic heterocycles. The van der Waals surface area contributed by atoms with Gasteiger partial charge in [-0.25, -0.2) is 4.79 Å². The molecular weight excluding hydrogens is 256 g/mol. The van der Waals surface area contributed by atoms with Crippen molar-refractivity contribution in [3.63, 3.8) is 0 Å². The highest BCUT2D eigenvalue weighted by atomic mass is 16.4. The van der Waals surface area contributed by atoms with Crippen molar-refractivity contribution < 1.29 is 14.7 Å². The number of rotatable bonds is 3. The van der Waals surface area contributed by atoms with Crippen LogP contribution in [0.2, 0.25) is 0 Å². The maximum absolute atomic E-state index is 13.0. The number of piperidine rings is 1. The van der Waals surface area contributed by atoms with Crippen molar-refractivity contribution in [1.29, 1.82) is 0 Å². The van der Waals surface area contributed by atoms with E-state index in [0.717, 1.165) is 32.2 Å². The molecule has 20 heavy (non-hydrogen) atoms. The predicted molar refractivity (Wildman–Crippen MR) is 76.4 cm³/mol. The van der Waals surface area contributed by atoms with E-state index in [-0.39, 0.29) is 11.3 Å². The van der Waals surface area contributed by atoms with Gasteiger partial charge in [-0.1, -0.05) is 20.8 Å². The molecule has 2 saturated heterocycles. The molecule has 2 N–H and O–H groups in total. The Hall–Kier alpha value is -1.10. The molecule has 1 amide bonds. The second-order valence-corrected chi connectivity index (χ2v) is 6.89. The van der Waals surface area contributed by atoms with Crippen LogP contribution in [0.25, 0.3) is 0 Å². The van der Waals surface area contributed by atoms with E-state index in [2.05, 4.69) is 5.32 Å². The van der Waals surface area contributed by atoms with E-state index in [9.17, 15) is 14.7 Å². The number of carboxylic acids is 1. The zero-order valence-electron chi connectivity index (χ0n) is 12.7. The van der Waals surface area contributed by atoms with Gasteiger partial charge >= 0.3 is 5.97 Å². The van der Waals surface area contributed by atoms with Gasteiger partial charge in [0.1, 0.15) is 6.04 Å². The summed E-state index contributed by atoms with van der Waals surface area (Å²) >= 11 is 0. The molecule has 5 nitrogen and oxygen atoms in total. The van der Waals surface area contributed by atoms with Crippen molar-refractivity contribution in [2.24, 2.45) is 10.8 Å². The number of amides is 1. The van der Waals surface area contributed by atoms with E-state index >= 15 is 0 Å². The summed E-state index contributed by atoms with van der Waals surface area (Å²) in [5, 5.41) is 12.8. The van der Waals surface area contributed by atoms with Crippen molar-refractivity contribution in [2.45, 2.75) is 52.5 Å². The van der Waals surface area contributed by atoms with Crippen LogP contribution in [-0.4, -0.2) is 47.6 Å². The van der Waals surface area contributed by atoms with Gasteiger partial charge in [0.15, 0.2) is 0 Å². The Balaban J connectivity index is 2.29. The topological polar surface area (TPSA) is 69.6 Å². The molecular formula is C15H26N2O3. The van der Waals surface area contributed by atoms with Crippen molar-refractivity contribution in [3.8, 4) is 0 Å². The molecule has 0 spiro atoms. The van der Waals surface area contributed by atoms with Crippen molar-refractivity contribution in [2.75, 3.05) is 19.6 Å². The number of carbonyl (C=O) groups is 2. The molecule has 2 heterocycles. The second kappa shape index (κ2) is 5.35. The van der Waals surface area contributed by atoms with Crippen LogP contribution in [0.4, 0.5) is 0 Å². The van der Waals surface area contributed by atoms with Gasteiger partial charge in [-0.2, -0.15) is 0 Å². The molecule has 0 aliphatic carbocycles. The third-order valence-corrected chi connectivity index (χ3v) is 5.14. The van der Waals surface area contributed by atoms with Crippen LogP contribution in [0.3, 0.4) is 0 Å². The fourth-order valence-electron chi connectivity index (χ4n) is 3.76. The van der Waals surface area contributed by atoms with E-state index in [1.165, 1.54) is 0 Å². The lowest BCUT2D eigenvalue weighted by Gasteiger charge is -2.46. The van der Waals surface area contributed by atoms with Gasteiger partial charge in [0.05, 0.1) is 5.41 Å². The van der Waals surface area contributed by atoms with Gasteiger partial charge in [0, 0.05) is 13.1 Å². The predicted octanol–water partition coefficient (Wildman–Crippen LogP) is 1.48. The number of likely N-dealkylation sites (tertiary alicyclic amines) is 1. The van der Waals surface area contributed by atoms with Gasteiger partial charge in [0.25, 0.3) is 0 Å². The highest BCUT2D eigenvalue weighted by Crippen LogP contribution is 2.40. The Bertz CT molecular complexity index is 400. The van der Waals surface area contributed by atoms with Crippen LogP contribution in [0, 0.1) is 10.8 Å². The fraction of sp³-hybridized carbons (Fsp3) is 0.867. The third kappa shape index (κ3) is 2.43. The highest BCUT2D eigenvalue weighted by molar-refractivity contribution is 5.88. The fourth-order valence-corrected chi connectivity index (χ4v) is 3.76. The SMILES string of the molecule is CCC1(C(=O)N2CCCC(C)(C)C2C(=O)O)CCNC1. The molecule has 0 bridgehead atoms. The summed E-state index contributed by atoms with van der Waals surface area (Å²) in [4.78, 5) is 26.3. The van der Waals surface area contributed by atoms with Crippen LogP contribution >= 0.6 is 0 Å². The summed E-state index contributed by atoms with van der Waals surface area (Å²) in [6, 6.07) is -0.701. The van der Waals surface area contributed by atoms with Gasteiger partial charge in [-0.3, -0.25) is 4.79 Å². The van der Waals surface area contributed by atoms with Crippen LogP contribution < -0.4 is 5.32 Å². The Morgan fingerprint density at radius 2 is 2.05 bits per heavy atom. The maximum Gasteiger partial charge on any atom is 0.326 e. The number of carbonyl (C=O) groups excluding carboxylic acids is 1. The molecule has 0 saturated carbocycles. The van der Waals surface area contributed by atoms with Crippen LogP contribution in [0.15, 0.2) is 0 Å². The Labute approximate surface area is 120 Å². The molecule has 2 rings (SSSR count). The molecule has 2 aliphatic heterocycles. The minimum atomic E-state index is -0.875. The van der Waals surface area contributed by atoms with Crippen LogP contribution in [-0.2, 0) is 9.59 Å².